The molecule has 0 aliphatic rings. The maximum Gasteiger partial charge on any atom is 0.272 e. The number of rotatable bonds is 8. The van der Waals surface area contributed by atoms with Crippen LogP contribution >= 0.6 is 0 Å². The van der Waals surface area contributed by atoms with Crippen molar-refractivity contribution in [1.82, 2.24) is 5.32 Å². The van der Waals surface area contributed by atoms with Gasteiger partial charge in [-0.1, -0.05) is 13.0 Å². The SMILES string of the molecule is CCCNC(COC)Cc1ccc([N+](=O)[O-])c(C)c1. The summed E-state index contributed by atoms with van der Waals surface area (Å²) in [6.07, 6.45) is 1.88. The molecule has 0 aliphatic carbocycles. The molecule has 0 fully saturated rings. The van der Waals surface area contributed by atoms with Crippen LogP contribution in [0.15, 0.2) is 18.2 Å². The van der Waals surface area contributed by atoms with Crippen molar-refractivity contribution in [2.75, 3.05) is 20.3 Å². The zero-order valence-electron chi connectivity index (χ0n) is 11.8. The van der Waals surface area contributed by atoms with E-state index in [1.807, 2.05) is 12.1 Å². The number of benzene rings is 1. The third-order valence-corrected chi connectivity index (χ3v) is 2.99. The zero-order valence-corrected chi connectivity index (χ0v) is 11.8. The smallest absolute Gasteiger partial charge is 0.272 e. The monoisotopic (exact) mass is 266 g/mol. The summed E-state index contributed by atoms with van der Waals surface area (Å²) >= 11 is 0. The fourth-order valence-electron chi connectivity index (χ4n) is 2.07. The Bertz CT molecular complexity index is 421. The lowest BCUT2D eigenvalue weighted by Gasteiger charge is -2.17. The van der Waals surface area contributed by atoms with Gasteiger partial charge in [-0.05, 0) is 37.9 Å². The van der Waals surface area contributed by atoms with Gasteiger partial charge in [0, 0.05) is 24.8 Å². The van der Waals surface area contributed by atoms with E-state index in [0.717, 1.165) is 24.9 Å². The van der Waals surface area contributed by atoms with E-state index in [0.29, 0.717) is 12.2 Å². The highest BCUT2D eigenvalue weighted by Crippen LogP contribution is 2.19. The molecule has 0 saturated carbocycles. The Morgan fingerprint density at radius 1 is 1.47 bits per heavy atom. The van der Waals surface area contributed by atoms with Crippen LogP contribution in [0, 0.1) is 17.0 Å². The number of hydrogen-bond donors (Lipinski definition) is 1. The molecule has 1 rings (SSSR count). The minimum Gasteiger partial charge on any atom is -0.383 e. The Kier molecular flexibility index (Phi) is 6.45. The molecule has 1 aromatic carbocycles. The largest absolute Gasteiger partial charge is 0.383 e. The van der Waals surface area contributed by atoms with Crippen LogP contribution in [0.1, 0.15) is 24.5 Å². The Balaban J connectivity index is 2.73. The van der Waals surface area contributed by atoms with E-state index in [-0.39, 0.29) is 16.7 Å². The molecule has 0 saturated heterocycles. The molecule has 19 heavy (non-hydrogen) atoms. The van der Waals surface area contributed by atoms with Crippen LogP contribution in [0.2, 0.25) is 0 Å². The van der Waals surface area contributed by atoms with Gasteiger partial charge in [0.1, 0.15) is 0 Å². The second-order valence-electron chi connectivity index (χ2n) is 4.69. The van der Waals surface area contributed by atoms with Crippen molar-refractivity contribution in [1.29, 1.82) is 0 Å². The van der Waals surface area contributed by atoms with Gasteiger partial charge in [-0.25, -0.2) is 0 Å². The summed E-state index contributed by atoms with van der Waals surface area (Å²) in [6.45, 7) is 5.47. The molecule has 1 atom stereocenters. The van der Waals surface area contributed by atoms with E-state index in [1.54, 1.807) is 20.1 Å². The quantitative estimate of drug-likeness (QED) is 0.580. The second kappa shape index (κ2) is 7.86. The fraction of sp³-hybridized carbons (Fsp3) is 0.571. The highest BCUT2D eigenvalue weighted by Gasteiger charge is 2.13. The topological polar surface area (TPSA) is 64.4 Å². The minimum atomic E-state index is -0.346. The third-order valence-electron chi connectivity index (χ3n) is 2.99. The first-order valence-electron chi connectivity index (χ1n) is 6.54. The summed E-state index contributed by atoms with van der Waals surface area (Å²) in [4.78, 5) is 10.4. The van der Waals surface area contributed by atoms with Gasteiger partial charge in [-0.3, -0.25) is 10.1 Å². The third kappa shape index (κ3) is 4.96. The van der Waals surface area contributed by atoms with Crippen LogP contribution in [0.3, 0.4) is 0 Å². The normalized spacial score (nSPS) is 12.4. The van der Waals surface area contributed by atoms with E-state index in [9.17, 15) is 10.1 Å². The van der Waals surface area contributed by atoms with Gasteiger partial charge in [0.15, 0.2) is 0 Å². The Morgan fingerprint density at radius 2 is 2.21 bits per heavy atom. The summed E-state index contributed by atoms with van der Waals surface area (Å²) < 4.78 is 5.19. The number of nitro benzene ring substituents is 1. The predicted molar refractivity (Wildman–Crippen MR) is 75.5 cm³/mol. The summed E-state index contributed by atoms with van der Waals surface area (Å²) in [5, 5.41) is 14.2. The summed E-state index contributed by atoms with van der Waals surface area (Å²) in [5.41, 5.74) is 1.97. The van der Waals surface area contributed by atoms with E-state index in [4.69, 9.17) is 4.74 Å². The lowest BCUT2D eigenvalue weighted by atomic mass is 10.0. The number of nitro groups is 1. The molecule has 0 aliphatic heterocycles. The van der Waals surface area contributed by atoms with Crippen molar-refractivity contribution < 1.29 is 9.66 Å². The van der Waals surface area contributed by atoms with Crippen LogP contribution < -0.4 is 5.32 Å². The minimum absolute atomic E-state index is 0.175. The molecule has 0 bridgehead atoms. The first-order valence-corrected chi connectivity index (χ1v) is 6.54. The van der Waals surface area contributed by atoms with Gasteiger partial charge in [0.25, 0.3) is 5.69 Å². The maximum absolute atomic E-state index is 10.8. The molecule has 106 valence electrons. The van der Waals surface area contributed by atoms with Crippen LogP contribution in [0.5, 0.6) is 0 Å². The number of aryl methyl sites for hydroxylation is 1. The lowest BCUT2D eigenvalue weighted by Crippen LogP contribution is -2.35. The van der Waals surface area contributed by atoms with Gasteiger partial charge >= 0.3 is 0 Å². The molecule has 0 radical (unpaired) electrons. The van der Waals surface area contributed by atoms with E-state index in [2.05, 4.69) is 12.2 Å². The molecule has 0 spiro atoms. The highest BCUT2D eigenvalue weighted by atomic mass is 16.6. The first-order chi connectivity index (χ1) is 9.08. The average molecular weight is 266 g/mol. The van der Waals surface area contributed by atoms with Crippen LogP contribution in [-0.4, -0.2) is 31.2 Å². The number of nitrogens with one attached hydrogen (secondary N) is 1. The molecule has 5 nitrogen and oxygen atoms in total. The molecule has 1 N–H and O–H groups in total. The maximum atomic E-state index is 10.8. The molecule has 5 heteroatoms. The Hall–Kier alpha value is -1.46. The van der Waals surface area contributed by atoms with Crippen molar-refractivity contribution in [2.45, 2.75) is 32.7 Å². The van der Waals surface area contributed by atoms with Gasteiger partial charge in [-0.15, -0.1) is 0 Å². The van der Waals surface area contributed by atoms with Crippen molar-refractivity contribution in [2.24, 2.45) is 0 Å². The van der Waals surface area contributed by atoms with Crippen molar-refractivity contribution in [3.63, 3.8) is 0 Å². The zero-order chi connectivity index (χ0) is 14.3. The van der Waals surface area contributed by atoms with E-state index < -0.39 is 0 Å². The van der Waals surface area contributed by atoms with E-state index in [1.165, 1.54) is 0 Å². The van der Waals surface area contributed by atoms with Crippen molar-refractivity contribution >= 4 is 5.69 Å². The van der Waals surface area contributed by atoms with Crippen LogP contribution in [0.4, 0.5) is 5.69 Å². The molecule has 0 aromatic heterocycles. The van der Waals surface area contributed by atoms with Gasteiger partial charge < -0.3 is 10.1 Å². The summed E-state index contributed by atoms with van der Waals surface area (Å²) in [5.74, 6) is 0. The number of ether oxygens (including phenoxy) is 1. The molecule has 1 unspecified atom stereocenters. The van der Waals surface area contributed by atoms with Gasteiger partial charge in [0.2, 0.25) is 0 Å². The number of methoxy groups -OCH3 is 1. The second-order valence-corrected chi connectivity index (χ2v) is 4.69. The Morgan fingerprint density at radius 3 is 2.74 bits per heavy atom. The number of hydrogen-bond acceptors (Lipinski definition) is 4. The molecular formula is C14H22N2O3. The molecule has 0 amide bonds. The number of nitrogens with zero attached hydrogens (tertiary/aromatic N) is 1. The van der Waals surface area contributed by atoms with Gasteiger partial charge in [-0.2, -0.15) is 0 Å². The lowest BCUT2D eigenvalue weighted by molar-refractivity contribution is -0.385. The molecular weight excluding hydrogens is 244 g/mol. The summed E-state index contributed by atoms with van der Waals surface area (Å²) in [7, 11) is 1.68. The predicted octanol–water partition coefficient (Wildman–Crippen LogP) is 2.46. The highest BCUT2D eigenvalue weighted by molar-refractivity contribution is 5.42. The summed E-state index contributed by atoms with van der Waals surface area (Å²) in [6, 6.07) is 5.52. The van der Waals surface area contributed by atoms with Gasteiger partial charge in [0.05, 0.1) is 11.5 Å². The van der Waals surface area contributed by atoms with Crippen LogP contribution in [0.25, 0.3) is 0 Å². The molecule has 1 aromatic rings. The fourth-order valence-corrected chi connectivity index (χ4v) is 2.07. The van der Waals surface area contributed by atoms with Crippen molar-refractivity contribution in [3.8, 4) is 0 Å². The Labute approximate surface area is 114 Å². The van der Waals surface area contributed by atoms with E-state index >= 15 is 0 Å². The standard InChI is InChI=1S/C14H22N2O3/c1-4-7-15-13(10-19-3)9-12-5-6-14(16(17)18)11(2)8-12/h5-6,8,13,15H,4,7,9-10H2,1-3H3. The average Bonchev–Trinajstić information content (AvgIpc) is 2.36. The van der Waals surface area contributed by atoms with Crippen molar-refractivity contribution in [3.05, 3.63) is 39.4 Å². The molecule has 0 heterocycles. The first kappa shape index (κ1) is 15.6. The van der Waals surface area contributed by atoms with Crippen LogP contribution in [-0.2, 0) is 11.2 Å².